The summed E-state index contributed by atoms with van der Waals surface area (Å²) < 4.78 is 5.55. The number of benzene rings is 1. The molecule has 1 amide bonds. The monoisotopic (exact) mass is 311 g/mol. The maximum absolute atomic E-state index is 12.0. The second-order valence-electron chi connectivity index (χ2n) is 5.34. The predicted molar refractivity (Wildman–Crippen MR) is 88.2 cm³/mol. The minimum Gasteiger partial charge on any atom is -0.494 e. The second kappa shape index (κ2) is 8.95. The van der Waals surface area contributed by atoms with Crippen molar-refractivity contribution in [3.8, 4) is 5.75 Å². The third-order valence-corrected chi connectivity index (χ3v) is 3.88. The molecule has 0 spiro atoms. The van der Waals surface area contributed by atoms with Crippen molar-refractivity contribution in [1.29, 1.82) is 0 Å². The fraction of sp³-hybridized carbons (Fsp3) is 0.562. The molecule has 5 heteroatoms. The van der Waals surface area contributed by atoms with Crippen molar-refractivity contribution in [2.75, 3.05) is 25.2 Å². The van der Waals surface area contributed by atoms with Crippen molar-refractivity contribution < 1.29 is 14.6 Å². The molecule has 0 aliphatic heterocycles. The molecule has 2 N–H and O–H groups in total. The standard InChI is InChI=1S/C16H25NO3S/c1-4-5-10-20-14-8-6-13(7-9-14)15(18)17-11-16(2,19)12-21-3/h6-9,19H,4-5,10-12H2,1-3H3,(H,17,18)/t16-/m1/s1. The van der Waals surface area contributed by atoms with Gasteiger partial charge in [0.05, 0.1) is 12.2 Å². The molecule has 1 atom stereocenters. The van der Waals surface area contributed by atoms with Gasteiger partial charge in [-0.3, -0.25) is 4.79 Å². The number of hydrogen-bond acceptors (Lipinski definition) is 4. The third-order valence-electron chi connectivity index (χ3n) is 2.97. The Hall–Kier alpha value is -1.20. The Kier molecular flexibility index (Phi) is 7.61. The zero-order valence-electron chi connectivity index (χ0n) is 13.0. The molecule has 1 aromatic rings. The van der Waals surface area contributed by atoms with Gasteiger partial charge in [0.1, 0.15) is 5.75 Å². The summed E-state index contributed by atoms with van der Waals surface area (Å²) in [6.45, 7) is 4.76. The van der Waals surface area contributed by atoms with Crippen LogP contribution in [0.1, 0.15) is 37.0 Å². The molecule has 0 aliphatic rings. The number of carbonyl (C=O) groups excluding carboxylic acids is 1. The highest BCUT2D eigenvalue weighted by Crippen LogP contribution is 2.13. The minimum atomic E-state index is -0.891. The number of rotatable bonds is 9. The normalized spacial score (nSPS) is 13.5. The summed E-state index contributed by atoms with van der Waals surface area (Å²) in [5.41, 5.74) is -0.323. The van der Waals surface area contributed by atoms with Crippen LogP contribution in [0.25, 0.3) is 0 Å². The lowest BCUT2D eigenvalue weighted by Crippen LogP contribution is -2.42. The zero-order chi connectivity index (χ0) is 15.7. The molecular weight excluding hydrogens is 286 g/mol. The molecule has 21 heavy (non-hydrogen) atoms. The minimum absolute atomic E-state index is 0.184. The van der Waals surface area contributed by atoms with Gasteiger partial charge in [-0.2, -0.15) is 11.8 Å². The molecule has 0 saturated heterocycles. The van der Waals surface area contributed by atoms with Crippen molar-refractivity contribution in [3.05, 3.63) is 29.8 Å². The van der Waals surface area contributed by atoms with E-state index in [0.717, 1.165) is 18.6 Å². The van der Waals surface area contributed by atoms with Gasteiger partial charge in [-0.1, -0.05) is 13.3 Å². The van der Waals surface area contributed by atoms with Crippen LogP contribution < -0.4 is 10.1 Å². The number of hydrogen-bond donors (Lipinski definition) is 2. The van der Waals surface area contributed by atoms with E-state index in [-0.39, 0.29) is 12.5 Å². The summed E-state index contributed by atoms with van der Waals surface area (Å²) in [5, 5.41) is 12.8. The van der Waals surface area contributed by atoms with Gasteiger partial charge in [0.15, 0.2) is 0 Å². The number of unbranched alkanes of at least 4 members (excludes halogenated alkanes) is 1. The van der Waals surface area contributed by atoms with Crippen molar-refractivity contribution in [2.24, 2.45) is 0 Å². The molecule has 0 heterocycles. The number of carbonyl (C=O) groups is 1. The highest BCUT2D eigenvalue weighted by Gasteiger charge is 2.20. The van der Waals surface area contributed by atoms with E-state index in [1.807, 2.05) is 6.26 Å². The average molecular weight is 311 g/mol. The maximum Gasteiger partial charge on any atom is 0.251 e. The van der Waals surface area contributed by atoms with Crippen molar-refractivity contribution in [1.82, 2.24) is 5.32 Å². The zero-order valence-corrected chi connectivity index (χ0v) is 13.8. The first kappa shape index (κ1) is 17.9. The summed E-state index contributed by atoms with van der Waals surface area (Å²) in [6.07, 6.45) is 4.04. The van der Waals surface area contributed by atoms with E-state index >= 15 is 0 Å². The topological polar surface area (TPSA) is 58.6 Å². The first-order chi connectivity index (χ1) is 9.98. The molecular formula is C16H25NO3S. The van der Waals surface area contributed by atoms with Gasteiger partial charge < -0.3 is 15.2 Å². The summed E-state index contributed by atoms with van der Waals surface area (Å²) in [6, 6.07) is 7.06. The van der Waals surface area contributed by atoms with Crippen LogP contribution in [0.5, 0.6) is 5.75 Å². The second-order valence-corrected chi connectivity index (χ2v) is 6.21. The molecule has 0 aromatic heterocycles. The fourth-order valence-corrected chi connectivity index (χ4v) is 2.50. The molecule has 0 aliphatic carbocycles. The SMILES string of the molecule is CCCCOc1ccc(C(=O)NC[C@@](C)(O)CSC)cc1. The Labute approximate surface area is 131 Å². The number of aliphatic hydroxyl groups is 1. The van der Waals surface area contributed by atoms with E-state index in [9.17, 15) is 9.90 Å². The van der Waals surface area contributed by atoms with Gasteiger partial charge in [-0.25, -0.2) is 0 Å². The first-order valence-corrected chi connectivity index (χ1v) is 8.60. The van der Waals surface area contributed by atoms with Gasteiger partial charge >= 0.3 is 0 Å². The Morgan fingerprint density at radius 1 is 1.38 bits per heavy atom. The molecule has 1 rings (SSSR count). The highest BCUT2D eigenvalue weighted by atomic mass is 32.2. The van der Waals surface area contributed by atoms with Crippen LogP contribution in [0.4, 0.5) is 0 Å². The molecule has 118 valence electrons. The molecule has 4 nitrogen and oxygen atoms in total. The van der Waals surface area contributed by atoms with E-state index in [1.165, 1.54) is 0 Å². The van der Waals surface area contributed by atoms with Crippen molar-refractivity contribution in [2.45, 2.75) is 32.3 Å². The Morgan fingerprint density at radius 2 is 2.05 bits per heavy atom. The van der Waals surface area contributed by atoms with Gasteiger partial charge in [-0.15, -0.1) is 0 Å². The smallest absolute Gasteiger partial charge is 0.251 e. The molecule has 0 unspecified atom stereocenters. The van der Waals surface area contributed by atoms with E-state index in [1.54, 1.807) is 43.0 Å². The van der Waals surface area contributed by atoms with Crippen molar-refractivity contribution in [3.63, 3.8) is 0 Å². The fourth-order valence-electron chi connectivity index (χ4n) is 1.77. The summed E-state index contributed by atoms with van der Waals surface area (Å²) in [4.78, 5) is 12.0. The Balaban J connectivity index is 2.47. The third kappa shape index (κ3) is 6.87. The number of thioether (sulfide) groups is 1. The maximum atomic E-state index is 12.0. The van der Waals surface area contributed by atoms with Crippen molar-refractivity contribution >= 4 is 17.7 Å². The molecule has 1 aromatic carbocycles. The molecule has 0 fully saturated rings. The lowest BCUT2D eigenvalue weighted by Gasteiger charge is -2.22. The molecule has 0 bridgehead atoms. The van der Waals surface area contributed by atoms with Gasteiger partial charge in [0, 0.05) is 17.9 Å². The Bertz CT molecular complexity index is 432. The largest absolute Gasteiger partial charge is 0.494 e. The van der Waals surface area contributed by atoms with Crippen LogP contribution in [0.15, 0.2) is 24.3 Å². The average Bonchev–Trinajstić information content (AvgIpc) is 2.46. The van der Waals surface area contributed by atoms with E-state index in [4.69, 9.17) is 4.74 Å². The Morgan fingerprint density at radius 3 is 2.62 bits per heavy atom. The van der Waals surface area contributed by atoms with Crippen LogP contribution in [0.3, 0.4) is 0 Å². The van der Waals surface area contributed by atoms with Crippen LogP contribution >= 0.6 is 11.8 Å². The van der Waals surface area contributed by atoms with E-state index in [0.29, 0.717) is 17.9 Å². The number of amides is 1. The van der Waals surface area contributed by atoms with Gasteiger partial charge in [0.25, 0.3) is 5.91 Å². The summed E-state index contributed by atoms with van der Waals surface area (Å²) in [7, 11) is 0. The lowest BCUT2D eigenvalue weighted by atomic mass is 10.1. The lowest BCUT2D eigenvalue weighted by molar-refractivity contribution is 0.0725. The van der Waals surface area contributed by atoms with Crippen LogP contribution in [0.2, 0.25) is 0 Å². The summed E-state index contributed by atoms with van der Waals surface area (Å²) >= 11 is 1.55. The van der Waals surface area contributed by atoms with E-state index < -0.39 is 5.60 Å². The van der Waals surface area contributed by atoms with Crippen LogP contribution in [-0.4, -0.2) is 41.8 Å². The highest BCUT2D eigenvalue weighted by molar-refractivity contribution is 7.98. The molecule has 0 radical (unpaired) electrons. The quantitative estimate of drug-likeness (QED) is 0.689. The number of nitrogens with one attached hydrogen (secondary N) is 1. The van der Waals surface area contributed by atoms with Gasteiger partial charge in [-0.05, 0) is 43.9 Å². The predicted octanol–water partition coefficient (Wildman–Crippen LogP) is 2.71. The van der Waals surface area contributed by atoms with Crippen LogP contribution in [0, 0.1) is 0 Å². The molecule has 0 saturated carbocycles. The first-order valence-electron chi connectivity index (χ1n) is 7.21. The van der Waals surface area contributed by atoms with Gasteiger partial charge in [0.2, 0.25) is 0 Å². The number of ether oxygens (including phenoxy) is 1. The summed E-state index contributed by atoms with van der Waals surface area (Å²) in [5.74, 6) is 1.17. The van der Waals surface area contributed by atoms with Crippen LogP contribution in [-0.2, 0) is 0 Å². The van der Waals surface area contributed by atoms with E-state index in [2.05, 4.69) is 12.2 Å².